The van der Waals surface area contributed by atoms with Crippen LogP contribution in [-0.2, 0) is 0 Å². The van der Waals surface area contributed by atoms with E-state index in [-0.39, 0.29) is 34.4 Å². The normalized spacial score (nSPS) is 18.3. The van der Waals surface area contributed by atoms with Crippen LogP contribution in [0.5, 0.6) is 0 Å². The highest BCUT2D eigenvalue weighted by molar-refractivity contribution is 9.10. The standard InChI is InChI=1S/C14H17BrF2N2O.ClH/c1-2-3-9-8-18-4-5-19(9)14(20)10-6-12(16)13(17)7-11(10)15;/h6-7,9,18H,2-5,8H2,1H3;1H. The number of halogens is 4. The minimum absolute atomic E-state index is 0. The van der Waals surface area contributed by atoms with Crippen molar-refractivity contribution in [3.63, 3.8) is 0 Å². The fourth-order valence-electron chi connectivity index (χ4n) is 2.46. The number of benzene rings is 1. The zero-order valence-electron chi connectivity index (χ0n) is 11.7. The van der Waals surface area contributed by atoms with E-state index in [0.29, 0.717) is 13.1 Å². The summed E-state index contributed by atoms with van der Waals surface area (Å²) in [6.07, 6.45) is 1.86. The number of hydrogen-bond acceptors (Lipinski definition) is 2. The molecule has 1 heterocycles. The first-order chi connectivity index (χ1) is 9.54. The smallest absolute Gasteiger partial charge is 0.255 e. The quantitative estimate of drug-likeness (QED) is 0.812. The monoisotopic (exact) mass is 382 g/mol. The van der Waals surface area contributed by atoms with Crippen LogP contribution in [0.15, 0.2) is 16.6 Å². The Hall–Kier alpha value is -0.720. The van der Waals surface area contributed by atoms with Gasteiger partial charge in [0, 0.05) is 30.1 Å². The number of piperazine rings is 1. The molecule has 1 aliphatic rings. The average Bonchev–Trinajstić information content (AvgIpc) is 2.43. The van der Waals surface area contributed by atoms with E-state index in [1.807, 2.05) is 0 Å². The maximum absolute atomic E-state index is 13.4. The molecule has 1 fully saturated rings. The lowest BCUT2D eigenvalue weighted by atomic mass is 10.1. The lowest BCUT2D eigenvalue weighted by Gasteiger charge is -2.36. The Morgan fingerprint density at radius 2 is 2.10 bits per heavy atom. The van der Waals surface area contributed by atoms with E-state index in [9.17, 15) is 13.6 Å². The molecule has 1 amide bonds. The molecule has 0 aliphatic carbocycles. The second-order valence-corrected chi connectivity index (χ2v) is 5.75. The van der Waals surface area contributed by atoms with Gasteiger partial charge in [-0.3, -0.25) is 4.79 Å². The molecule has 1 saturated heterocycles. The van der Waals surface area contributed by atoms with Gasteiger partial charge in [0.2, 0.25) is 0 Å². The SMILES string of the molecule is CCCC1CNCCN1C(=O)c1cc(F)c(F)cc1Br.Cl. The molecule has 0 radical (unpaired) electrons. The minimum Gasteiger partial charge on any atom is -0.333 e. The van der Waals surface area contributed by atoms with Crippen LogP contribution in [0.3, 0.4) is 0 Å². The van der Waals surface area contributed by atoms with E-state index < -0.39 is 11.6 Å². The molecule has 1 unspecified atom stereocenters. The van der Waals surface area contributed by atoms with Gasteiger partial charge in [0.25, 0.3) is 5.91 Å². The third kappa shape index (κ3) is 4.14. The predicted octanol–water partition coefficient (Wildman–Crippen LogP) is 3.36. The van der Waals surface area contributed by atoms with Crippen molar-refractivity contribution in [1.29, 1.82) is 0 Å². The third-order valence-electron chi connectivity index (χ3n) is 3.47. The maximum Gasteiger partial charge on any atom is 0.255 e. The van der Waals surface area contributed by atoms with Crippen molar-refractivity contribution in [3.8, 4) is 0 Å². The first kappa shape index (κ1) is 18.3. The summed E-state index contributed by atoms with van der Waals surface area (Å²) in [5.74, 6) is -2.21. The fourth-order valence-corrected chi connectivity index (χ4v) is 2.95. The van der Waals surface area contributed by atoms with Gasteiger partial charge in [-0.05, 0) is 34.5 Å². The van der Waals surface area contributed by atoms with E-state index in [2.05, 4.69) is 28.2 Å². The second kappa shape index (κ2) is 8.06. The van der Waals surface area contributed by atoms with Gasteiger partial charge in [-0.1, -0.05) is 13.3 Å². The molecule has 1 aromatic carbocycles. The molecule has 0 aromatic heterocycles. The number of hydrogen-bond donors (Lipinski definition) is 1. The van der Waals surface area contributed by atoms with E-state index in [1.165, 1.54) is 0 Å². The molecule has 0 bridgehead atoms. The zero-order chi connectivity index (χ0) is 14.7. The zero-order valence-corrected chi connectivity index (χ0v) is 14.1. The highest BCUT2D eigenvalue weighted by Crippen LogP contribution is 2.24. The molecule has 1 atom stereocenters. The van der Waals surface area contributed by atoms with Crippen molar-refractivity contribution in [3.05, 3.63) is 33.8 Å². The Bertz CT molecular complexity index is 514. The van der Waals surface area contributed by atoms with Gasteiger partial charge in [0.15, 0.2) is 11.6 Å². The summed E-state index contributed by atoms with van der Waals surface area (Å²) in [6, 6.07) is 2.06. The van der Waals surface area contributed by atoms with Crippen molar-refractivity contribution in [2.75, 3.05) is 19.6 Å². The topological polar surface area (TPSA) is 32.3 Å². The molecule has 1 N–H and O–H groups in total. The molecular weight excluding hydrogens is 366 g/mol. The van der Waals surface area contributed by atoms with E-state index in [4.69, 9.17) is 0 Å². The molecule has 0 saturated carbocycles. The van der Waals surface area contributed by atoms with Crippen molar-refractivity contribution < 1.29 is 13.6 Å². The number of nitrogens with one attached hydrogen (secondary N) is 1. The molecule has 21 heavy (non-hydrogen) atoms. The average molecular weight is 384 g/mol. The van der Waals surface area contributed by atoms with Crippen molar-refractivity contribution in [2.24, 2.45) is 0 Å². The molecule has 118 valence electrons. The Labute approximate surface area is 137 Å². The van der Waals surface area contributed by atoms with E-state index in [0.717, 1.165) is 31.5 Å². The summed E-state index contributed by atoms with van der Waals surface area (Å²) < 4.78 is 26.8. The maximum atomic E-state index is 13.4. The summed E-state index contributed by atoms with van der Waals surface area (Å²) >= 11 is 3.14. The first-order valence-electron chi connectivity index (χ1n) is 6.70. The van der Waals surface area contributed by atoms with Crippen LogP contribution >= 0.6 is 28.3 Å². The number of nitrogens with zero attached hydrogens (tertiary/aromatic N) is 1. The summed E-state index contributed by atoms with van der Waals surface area (Å²) in [4.78, 5) is 14.3. The minimum atomic E-state index is -1.00. The Kier molecular flexibility index (Phi) is 7.03. The number of carbonyl (C=O) groups is 1. The summed E-state index contributed by atoms with van der Waals surface area (Å²) in [7, 11) is 0. The van der Waals surface area contributed by atoms with Crippen molar-refractivity contribution in [1.82, 2.24) is 10.2 Å². The Morgan fingerprint density at radius 3 is 2.76 bits per heavy atom. The predicted molar refractivity (Wildman–Crippen MR) is 83.9 cm³/mol. The second-order valence-electron chi connectivity index (χ2n) is 4.89. The largest absolute Gasteiger partial charge is 0.333 e. The fraction of sp³-hybridized carbons (Fsp3) is 0.500. The number of rotatable bonds is 3. The van der Waals surface area contributed by atoms with Crippen LogP contribution in [0.4, 0.5) is 8.78 Å². The Balaban J connectivity index is 0.00000220. The van der Waals surface area contributed by atoms with Crippen LogP contribution in [0.25, 0.3) is 0 Å². The number of carbonyl (C=O) groups excluding carboxylic acids is 1. The number of amides is 1. The lowest BCUT2D eigenvalue weighted by molar-refractivity contribution is 0.0623. The van der Waals surface area contributed by atoms with Gasteiger partial charge >= 0.3 is 0 Å². The molecule has 1 aromatic rings. The third-order valence-corrected chi connectivity index (χ3v) is 4.13. The molecule has 7 heteroatoms. The lowest BCUT2D eigenvalue weighted by Crippen LogP contribution is -2.53. The highest BCUT2D eigenvalue weighted by atomic mass is 79.9. The van der Waals surface area contributed by atoms with Gasteiger partial charge in [-0.25, -0.2) is 8.78 Å². The molecular formula is C14H18BrClF2N2O. The molecule has 2 rings (SSSR count). The van der Waals surface area contributed by atoms with E-state index in [1.54, 1.807) is 4.90 Å². The van der Waals surface area contributed by atoms with Gasteiger partial charge in [-0.15, -0.1) is 12.4 Å². The molecule has 0 spiro atoms. The van der Waals surface area contributed by atoms with Gasteiger partial charge in [0.1, 0.15) is 0 Å². The Morgan fingerprint density at radius 1 is 1.43 bits per heavy atom. The summed E-state index contributed by atoms with van der Waals surface area (Å²) in [6.45, 7) is 4.09. The van der Waals surface area contributed by atoms with Crippen LogP contribution < -0.4 is 5.32 Å². The summed E-state index contributed by atoms with van der Waals surface area (Å²) in [5.41, 5.74) is 0.173. The summed E-state index contributed by atoms with van der Waals surface area (Å²) in [5, 5.41) is 3.25. The van der Waals surface area contributed by atoms with Crippen LogP contribution in [0.1, 0.15) is 30.1 Å². The van der Waals surface area contributed by atoms with Gasteiger partial charge in [-0.2, -0.15) is 0 Å². The van der Waals surface area contributed by atoms with Crippen LogP contribution in [0, 0.1) is 11.6 Å². The van der Waals surface area contributed by atoms with Crippen LogP contribution in [-0.4, -0.2) is 36.5 Å². The van der Waals surface area contributed by atoms with E-state index >= 15 is 0 Å². The molecule has 3 nitrogen and oxygen atoms in total. The van der Waals surface area contributed by atoms with Crippen LogP contribution in [0.2, 0.25) is 0 Å². The van der Waals surface area contributed by atoms with Crippen molar-refractivity contribution >= 4 is 34.2 Å². The van der Waals surface area contributed by atoms with Gasteiger partial charge < -0.3 is 10.2 Å². The van der Waals surface area contributed by atoms with Crippen molar-refractivity contribution in [2.45, 2.75) is 25.8 Å². The first-order valence-corrected chi connectivity index (χ1v) is 7.50. The molecule has 1 aliphatic heterocycles. The highest BCUT2D eigenvalue weighted by Gasteiger charge is 2.28. The van der Waals surface area contributed by atoms with Gasteiger partial charge in [0.05, 0.1) is 5.56 Å².